The molecular weight excluding hydrogens is 505 g/mol. The summed E-state index contributed by atoms with van der Waals surface area (Å²) in [5.41, 5.74) is 8.21. The van der Waals surface area contributed by atoms with Gasteiger partial charge in [0.05, 0.1) is 20.8 Å². The second-order valence-corrected chi connectivity index (χ2v) is 7.49. The molecule has 0 aliphatic carbocycles. The summed E-state index contributed by atoms with van der Waals surface area (Å²) in [5, 5.41) is 3.16. The van der Waals surface area contributed by atoms with Gasteiger partial charge in [-0.1, -0.05) is 25.0 Å². The Morgan fingerprint density at radius 1 is 1.03 bits per heavy atom. The van der Waals surface area contributed by atoms with E-state index in [2.05, 4.69) is 32.3 Å². The van der Waals surface area contributed by atoms with Gasteiger partial charge in [0.15, 0.2) is 17.5 Å². The number of ether oxygens (including phenoxy) is 2. The molecule has 1 saturated heterocycles. The van der Waals surface area contributed by atoms with Gasteiger partial charge >= 0.3 is 0 Å². The number of hydrogen-bond acceptors (Lipinski definition) is 5. The lowest BCUT2D eigenvalue weighted by atomic mass is 10.1. The van der Waals surface area contributed by atoms with Gasteiger partial charge in [0.2, 0.25) is 0 Å². The highest BCUT2D eigenvalue weighted by molar-refractivity contribution is 14.0. The van der Waals surface area contributed by atoms with Gasteiger partial charge in [0, 0.05) is 25.8 Å². The van der Waals surface area contributed by atoms with Crippen LogP contribution in [0, 0.1) is 0 Å². The van der Waals surface area contributed by atoms with Crippen LogP contribution in [0.15, 0.2) is 41.5 Å². The van der Waals surface area contributed by atoms with Crippen molar-refractivity contribution in [2.24, 2.45) is 10.7 Å². The molecule has 1 aliphatic rings. The van der Waals surface area contributed by atoms with E-state index in [0.29, 0.717) is 19.0 Å². The van der Waals surface area contributed by atoms with Gasteiger partial charge in [-0.15, -0.1) is 24.0 Å². The van der Waals surface area contributed by atoms with Crippen molar-refractivity contribution in [3.63, 3.8) is 0 Å². The number of benzene rings is 1. The Hall–Kier alpha value is -2.23. The predicted octanol–water partition coefficient (Wildman–Crippen LogP) is 3.74. The summed E-state index contributed by atoms with van der Waals surface area (Å²) >= 11 is 0. The molecule has 3 rings (SSSR count). The van der Waals surface area contributed by atoms with E-state index in [1.807, 2.05) is 24.4 Å². The van der Waals surface area contributed by atoms with Gasteiger partial charge in [-0.3, -0.25) is 0 Å². The summed E-state index contributed by atoms with van der Waals surface area (Å²) < 4.78 is 10.6. The van der Waals surface area contributed by atoms with Crippen LogP contribution in [0.5, 0.6) is 11.5 Å². The summed E-state index contributed by atoms with van der Waals surface area (Å²) in [6.07, 6.45) is 7.85. The van der Waals surface area contributed by atoms with Crippen molar-refractivity contribution in [3.8, 4) is 11.5 Å². The SMILES string of the molecule is COc1ccc(CCNC(N)=NCc2ccc(N3CCCCCC3)nc2)cc1OC.I. The first-order chi connectivity index (χ1) is 14.7. The Bertz CT molecular complexity index is 821. The number of guanidine groups is 1. The fraction of sp³-hybridized carbons (Fsp3) is 0.478. The van der Waals surface area contributed by atoms with Crippen LogP contribution >= 0.6 is 24.0 Å². The number of halogens is 1. The molecule has 1 aromatic carbocycles. The van der Waals surface area contributed by atoms with Crippen molar-refractivity contribution in [2.75, 3.05) is 38.8 Å². The zero-order valence-corrected chi connectivity index (χ0v) is 20.8. The Balaban J connectivity index is 0.00000341. The van der Waals surface area contributed by atoms with Gasteiger partial charge in [0.25, 0.3) is 0 Å². The smallest absolute Gasteiger partial charge is 0.188 e. The van der Waals surface area contributed by atoms with Gasteiger partial charge < -0.3 is 25.4 Å². The highest BCUT2D eigenvalue weighted by atomic mass is 127. The molecule has 0 bridgehead atoms. The first-order valence-electron chi connectivity index (χ1n) is 10.6. The number of anilines is 1. The Morgan fingerprint density at radius 3 is 2.39 bits per heavy atom. The van der Waals surface area contributed by atoms with Crippen molar-refractivity contribution in [3.05, 3.63) is 47.7 Å². The van der Waals surface area contributed by atoms with Crippen LogP contribution in [0.2, 0.25) is 0 Å². The number of aromatic nitrogens is 1. The van der Waals surface area contributed by atoms with Crippen molar-refractivity contribution in [1.29, 1.82) is 0 Å². The minimum absolute atomic E-state index is 0. The molecule has 0 unspecified atom stereocenters. The summed E-state index contributed by atoms with van der Waals surface area (Å²) in [4.78, 5) is 11.4. The normalized spacial score (nSPS) is 14.4. The molecule has 170 valence electrons. The van der Waals surface area contributed by atoms with Crippen LogP contribution in [0.1, 0.15) is 36.8 Å². The number of rotatable bonds is 8. The zero-order valence-electron chi connectivity index (χ0n) is 18.5. The molecular formula is C23H34IN5O2. The largest absolute Gasteiger partial charge is 0.493 e. The third-order valence-electron chi connectivity index (χ3n) is 5.34. The maximum absolute atomic E-state index is 6.02. The van der Waals surface area contributed by atoms with E-state index in [1.54, 1.807) is 14.2 Å². The van der Waals surface area contributed by atoms with Gasteiger partial charge in [-0.05, 0) is 48.6 Å². The Labute approximate surface area is 202 Å². The first kappa shape index (κ1) is 25.0. The lowest BCUT2D eigenvalue weighted by molar-refractivity contribution is 0.354. The number of aliphatic imine (C=N–C) groups is 1. The number of nitrogens with two attached hydrogens (primary N) is 1. The van der Waals surface area contributed by atoms with Crippen molar-refractivity contribution < 1.29 is 9.47 Å². The van der Waals surface area contributed by atoms with Crippen molar-refractivity contribution in [1.82, 2.24) is 10.3 Å². The van der Waals surface area contributed by atoms with Crippen LogP contribution in [0.3, 0.4) is 0 Å². The highest BCUT2D eigenvalue weighted by Crippen LogP contribution is 2.27. The molecule has 8 heteroatoms. The second-order valence-electron chi connectivity index (χ2n) is 7.49. The maximum Gasteiger partial charge on any atom is 0.188 e. The van der Waals surface area contributed by atoms with Crippen molar-refractivity contribution >= 4 is 35.8 Å². The second kappa shape index (κ2) is 13.2. The third kappa shape index (κ3) is 7.75. The van der Waals surface area contributed by atoms with Crippen LogP contribution in [-0.4, -0.2) is 44.8 Å². The fourth-order valence-electron chi connectivity index (χ4n) is 3.60. The van der Waals surface area contributed by atoms with E-state index in [0.717, 1.165) is 48.0 Å². The first-order valence-corrected chi connectivity index (χ1v) is 10.6. The molecule has 0 atom stereocenters. The molecule has 31 heavy (non-hydrogen) atoms. The minimum atomic E-state index is 0. The predicted molar refractivity (Wildman–Crippen MR) is 137 cm³/mol. The van der Waals surface area contributed by atoms with Gasteiger partial charge in [-0.25, -0.2) is 9.98 Å². The topological polar surface area (TPSA) is 85.0 Å². The average molecular weight is 539 g/mol. The molecule has 0 spiro atoms. The van der Waals surface area contributed by atoms with E-state index < -0.39 is 0 Å². The molecule has 2 heterocycles. The molecule has 0 saturated carbocycles. The average Bonchev–Trinajstić information content (AvgIpc) is 3.07. The number of pyridine rings is 1. The number of nitrogens with one attached hydrogen (secondary N) is 1. The maximum atomic E-state index is 6.02. The summed E-state index contributed by atoms with van der Waals surface area (Å²) in [6, 6.07) is 10.1. The molecule has 1 fully saturated rings. The van der Waals surface area contributed by atoms with Crippen LogP contribution in [0.25, 0.3) is 0 Å². The highest BCUT2D eigenvalue weighted by Gasteiger charge is 2.10. The van der Waals surface area contributed by atoms with Crippen LogP contribution < -0.4 is 25.4 Å². The summed E-state index contributed by atoms with van der Waals surface area (Å²) in [7, 11) is 3.27. The molecule has 1 aliphatic heterocycles. The van der Waals surface area contributed by atoms with Crippen molar-refractivity contribution in [2.45, 2.75) is 38.6 Å². The van der Waals surface area contributed by atoms with Crippen LogP contribution in [0.4, 0.5) is 5.82 Å². The minimum Gasteiger partial charge on any atom is -0.493 e. The van der Waals surface area contributed by atoms with E-state index >= 15 is 0 Å². The molecule has 2 aromatic rings. The lowest BCUT2D eigenvalue weighted by Gasteiger charge is -2.21. The molecule has 0 radical (unpaired) electrons. The Morgan fingerprint density at radius 2 is 1.74 bits per heavy atom. The summed E-state index contributed by atoms with van der Waals surface area (Å²) in [6.45, 7) is 3.41. The van der Waals surface area contributed by atoms with E-state index in [4.69, 9.17) is 15.2 Å². The third-order valence-corrected chi connectivity index (χ3v) is 5.34. The monoisotopic (exact) mass is 539 g/mol. The van der Waals surface area contributed by atoms with Crippen LogP contribution in [-0.2, 0) is 13.0 Å². The summed E-state index contributed by atoms with van der Waals surface area (Å²) in [5.74, 6) is 2.95. The fourth-order valence-corrected chi connectivity index (χ4v) is 3.60. The quantitative estimate of drug-likeness (QED) is 0.302. The van der Waals surface area contributed by atoms with Gasteiger partial charge in [0.1, 0.15) is 5.82 Å². The van der Waals surface area contributed by atoms with E-state index in [9.17, 15) is 0 Å². The number of methoxy groups -OCH3 is 2. The standard InChI is InChI=1S/C23H33N5O2.HI/c1-29-20-9-7-18(15-21(20)30-2)11-12-25-23(24)27-17-19-8-10-22(26-16-19)28-13-5-3-4-6-14-28;/h7-10,15-16H,3-6,11-14,17H2,1-2H3,(H3,24,25,27);1H. The molecule has 3 N–H and O–H groups in total. The zero-order chi connectivity index (χ0) is 21.2. The number of nitrogens with zero attached hydrogens (tertiary/aromatic N) is 3. The molecule has 1 aromatic heterocycles. The number of hydrogen-bond donors (Lipinski definition) is 2. The Kier molecular flexibility index (Phi) is 10.7. The molecule has 7 nitrogen and oxygen atoms in total. The molecule has 0 amide bonds. The van der Waals surface area contributed by atoms with Gasteiger partial charge in [-0.2, -0.15) is 0 Å². The lowest BCUT2D eigenvalue weighted by Crippen LogP contribution is -2.33. The van der Waals surface area contributed by atoms with E-state index in [-0.39, 0.29) is 24.0 Å². The van der Waals surface area contributed by atoms with E-state index in [1.165, 1.54) is 25.7 Å².